The van der Waals surface area contributed by atoms with Gasteiger partial charge in [-0.2, -0.15) is 0 Å². The first-order valence-electron chi connectivity index (χ1n) is 7.83. The molecule has 0 aliphatic rings. The molecule has 2 aromatic heterocycles. The van der Waals surface area contributed by atoms with Gasteiger partial charge in [-0.15, -0.1) is 0 Å². The first-order chi connectivity index (χ1) is 12.5. The van der Waals surface area contributed by atoms with Crippen LogP contribution in [-0.4, -0.2) is 44.8 Å². The van der Waals surface area contributed by atoms with Gasteiger partial charge in [0.05, 0.1) is 12.2 Å². The van der Waals surface area contributed by atoms with Gasteiger partial charge in [-0.1, -0.05) is 18.2 Å². The number of nitrogens with zero attached hydrogens (tertiary/aromatic N) is 2. The number of nitrogens with two attached hydrogens (primary N) is 1. The molecule has 3 aromatic rings. The average molecular weight is 353 g/mol. The number of fused-ring (bicyclic) bond motifs is 1. The predicted molar refractivity (Wildman–Crippen MR) is 93.5 cm³/mol. The average Bonchev–Trinajstić information content (AvgIpc) is 3.08. The van der Waals surface area contributed by atoms with Crippen molar-refractivity contribution in [3.8, 4) is 0 Å². The standard InChI is InChI=1S/C17H16BN3O5/c19-21(17(23)16(22)11-4-3-7-20-9-11)15(18(24)25)8-12-10-26-14-6-2-1-5-13(12)14/h1-7,9-10,15,24-25H,8,19H2. The zero-order valence-electron chi connectivity index (χ0n) is 13.6. The van der Waals surface area contributed by atoms with E-state index in [9.17, 15) is 19.6 Å². The monoisotopic (exact) mass is 353 g/mol. The first kappa shape index (κ1) is 17.8. The summed E-state index contributed by atoms with van der Waals surface area (Å²) in [7, 11) is -1.95. The topological polar surface area (TPSA) is 130 Å². The van der Waals surface area contributed by atoms with Crippen LogP contribution in [0.4, 0.5) is 0 Å². The molecule has 4 N–H and O–H groups in total. The quantitative estimate of drug-likeness (QED) is 0.145. The molecule has 0 saturated heterocycles. The van der Waals surface area contributed by atoms with Gasteiger partial charge in [0.1, 0.15) is 5.58 Å². The summed E-state index contributed by atoms with van der Waals surface area (Å²) in [6.07, 6.45) is 4.16. The fraction of sp³-hybridized carbons (Fsp3) is 0.118. The third kappa shape index (κ3) is 3.50. The number of hydrogen-bond donors (Lipinski definition) is 3. The van der Waals surface area contributed by atoms with Crippen molar-refractivity contribution in [2.24, 2.45) is 5.84 Å². The molecule has 132 valence electrons. The van der Waals surface area contributed by atoms with Crippen LogP contribution in [0, 0.1) is 0 Å². The highest BCUT2D eigenvalue weighted by Crippen LogP contribution is 2.23. The van der Waals surface area contributed by atoms with E-state index < -0.39 is 24.8 Å². The van der Waals surface area contributed by atoms with Gasteiger partial charge >= 0.3 is 13.0 Å². The van der Waals surface area contributed by atoms with Crippen molar-refractivity contribution in [1.29, 1.82) is 0 Å². The fourth-order valence-corrected chi connectivity index (χ4v) is 2.65. The number of carbonyl (C=O) groups excluding carboxylic acids is 2. The van der Waals surface area contributed by atoms with Gasteiger partial charge < -0.3 is 14.5 Å². The lowest BCUT2D eigenvalue weighted by Gasteiger charge is -2.26. The number of pyridine rings is 1. The molecule has 1 unspecified atom stereocenters. The van der Waals surface area contributed by atoms with Gasteiger partial charge in [-0.3, -0.25) is 19.6 Å². The van der Waals surface area contributed by atoms with Crippen LogP contribution in [-0.2, 0) is 11.2 Å². The Morgan fingerprint density at radius 2 is 2.00 bits per heavy atom. The van der Waals surface area contributed by atoms with Crippen LogP contribution in [0.1, 0.15) is 15.9 Å². The molecular formula is C17H16BN3O5. The maximum atomic E-state index is 12.4. The summed E-state index contributed by atoms with van der Waals surface area (Å²) in [4.78, 5) is 28.4. The first-order valence-corrected chi connectivity index (χ1v) is 7.83. The molecule has 0 saturated carbocycles. The third-order valence-electron chi connectivity index (χ3n) is 4.04. The van der Waals surface area contributed by atoms with Crippen molar-refractivity contribution in [2.45, 2.75) is 12.4 Å². The summed E-state index contributed by atoms with van der Waals surface area (Å²) in [6.45, 7) is 0. The van der Waals surface area contributed by atoms with E-state index in [2.05, 4.69) is 4.98 Å². The number of hydrazine groups is 1. The van der Waals surface area contributed by atoms with Crippen LogP contribution in [0.15, 0.2) is 59.5 Å². The van der Waals surface area contributed by atoms with Gasteiger partial charge in [0.15, 0.2) is 0 Å². The van der Waals surface area contributed by atoms with E-state index in [0.717, 1.165) is 5.39 Å². The van der Waals surface area contributed by atoms with Crippen LogP contribution in [0.25, 0.3) is 11.0 Å². The number of Topliss-reactive ketones (excluding diaryl/α,β-unsaturated/α-hetero) is 1. The summed E-state index contributed by atoms with van der Waals surface area (Å²) in [6, 6.07) is 10.1. The van der Waals surface area contributed by atoms with Crippen molar-refractivity contribution in [1.82, 2.24) is 9.99 Å². The van der Waals surface area contributed by atoms with E-state index in [-0.39, 0.29) is 12.0 Å². The van der Waals surface area contributed by atoms with Crippen LogP contribution < -0.4 is 5.84 Å². The highest BCUT2D eigenvalue weighted by atomic mass is 16.4. The Balaban J connectivity index is 1.83. The Hall–Kier alpha value is -3.01. The second-order valence-corrected chi connectivity index (χ2v) is 5.73. The summed E-state index contributed by atoms with van der Waals surface area (Å²) >= 11 is 0. The van der Waals surface area contributed by atoms with E-state index in [1.807, 2.05) is 6.07 Å². The normalized spacial score (nSPS) is 12.0. The molecule has 0 fully saturated rings. The molecule has 2 heterocycles. The number of ketones is 1. The second-order valence-electron chi connectivity index (χ2n) is 5.73. The predicted octanol–water partition coefficient (Wildman–Crippen LogP) is 0.336. The minimum atomic E-state index is -1.95. The maximum Gasteiger partial charge on any atom is 0.477 e. The summed E-state index contributed by atoms with van der Waals surface area (Å²) in [5, 5.41) is 20.7. The number of furan rings is 1. The molecule has 1 amide bonds. The number of hydrogen-bond acceptors (Lipinski definition) is 7. The molecule has 0 spiro atoms. The van der Waals surface area contributed by atoms with Crippen molar-refractivity contribution in [2.75, 3.05) is 0 Å². The molecule has 8 nitrogen and oxygen atoms in total. The molecule has 3 rings (SSSR count). The van der Waals surface area contributed by atoms with Crippen LogP contribution in [0.3, 0.4) is 0 Å². The number of aromatic nitrogens is 1. The molecule has 0 aliphatic heterocycles. The Bertz CT molecular complexity index is 928. The van der Waals surface area contributed by atoms with Gasteiger partial charge in [0.25, 0.3) is 5.78 Å². The smallest absolute Gasteiger partial charge is 0.464 e. The molecule has 1 aromatic carbocycles. The summed E-state index contributed by atoms with van der Waals surface area (Å²) < 4.78 is 5.40. The fourth-order valence-electron chi connectivity index (χ4n) is 2.65. The molecule has 9 heteroatoms. The van der Waals surface area contributed by atoms with E-state index in [4.69, 9.17) is 10.3 Å². The van der Waals surface area contributed by atoms with Crippen molar-refractivity contribution < 1.29 is 24.1 Å². The summed E-state index contributed by atoms with van der Waals surface area (Å²) in [5.41, 5.74) is 1.32. The van der Waals surface area contributed by atoms with Crippen LogP contribution in [0.2, 0.25) is 0 Å². The zero-order valence-corrected chi connectivity index (χ0v) is 13.6. The van der Waals surface area contributed by atoms with E-state index >= 15 is 0 Å². The SMILES string of the molecule is NN(C(=O)C(=O)c1cccnc1)C(Cc1coc2ccccc12)B(O)O. The molecule has 26 heavy (non-hydrogen) atoms. The third-order valence-corrected chi connectivity index (χ3v) is 4.04. The highest BCUT2D eigenvalue weighted by molar-refractivity contribution is 6.47. The lowest BCUT2D eigenvalue weighted by Crippen LogP contribution is -2.56. The molecule has 1 atom stereocenters. The van der Waals surface area contributed by atoms with Gasteiger partial charge in [0.2, 0.25) is 0 Å². The van der Waals surface area contributed by atoms with Crippen LogP contribution in [0.5, 0.6) is 0 Å². The van der Waals surface area contributed by atoms with Crippen molar-refractivity contribution in [3.05, 3.63) is 66.2 Å². The maximum absolute atomic E-state index is 12.4. The Labute approximate surface area is 149 Å². The molecular weight excluding hydrogens is 337 g/mol. The highest BCUT2D eigenvalue weighted by Gasteiger charge is 2.35. The summed E-state index contributed by atoms with van der Waals surface area (Å²) in [5.74, 6) is 2.57. The number of amides is 1. The van der Waals surface area contributed by atoms with Crippen molar-refractivity contribution >= 4 is 29.8 Å². The van der Waals surface area contributed by atoms with E-state index in [1.54, 1.807) is 18.2 Å². The second kappa shape index (κ2) is 7.48. The largest absolute Gasteiger partial charge is 0.477 e. The Morgan fingerprint density at radius 1 is 1.23 bits per heavy atom. The minimum absolute atomic E-state index is 0.00274. The molecule has 0 radical (unpaired) electrons. The van der Waals surface area contributed by atoms with E-state index in [0.29, 0.717) is 16.2 Å². The number of benzene rings is 1. The van der Waals surface area contributed by atoms with Gasteiger partial charge in [0, 0.05) is 23.3 Å². The van der Waals surface area contributed by atoms with Crippen molar-refractivity contribution in [3.63, 3.8) is 0 Å². The van der Waals surface area contributed by atoms with Gasteiger partial charge in [-0.05, 0) is 30.2 Å². The number of carbonyl (C=O) groups is 2. The number of para-hydroxylation sites is 1. The van der Waals surface area contributed by atoms with Crippen LogP contribution >= 0.6 is 0 Å². The molecule has 0 aliphatic carbocycles. The molecule has 0 bridgehead atoms. The van der Waals surface area contributed by atoms with E-state index in [1.165, 1.54) is 30.8 Å². The Kier molecular flexibility index (Phi) is 5.12. The Morgan fingerprint density at radius 3 is 2.69 bits per heavy atom. The zero-order chi connectivity index (χ0) is 18.7. The van der Waals surface area contributed by atoms with Gasteiger partial charge in [-0.25, -0.2) is 5.84 Å². The minimum Gasteiger partial charge on any atom is -0.464 e. The lowest BCUT2D eigenvalue weighted by atomic mass is 9.75. The lowest BCUT2D eigenvalue weighted by molar-refractivity contribution is -0.128. The number of rotatable bonds is 6.